The maximum absolute atomic E-state index is 8.92. The van der Waals surface area contributed by atoms with E-state index in [1.165, 1.54) is 0 Å². The lowest BCUT2D eigenvalue weighted by atomic mass is 9.98. The van der Waals surface area contributed by atoms with E-state index in [0.29, 0.717) is 0 Å². The molecule has 0 spiro atoms. The second-order valence-corrected chi connectivity index (χ2v) is 4.18. The molecule has 0 saturated carbocycles. The van der Waals surface area contributed by atoms with Crippen molar-refractivity contribution in [3.63, 3.8) is 0 Å². The van der Waals surface area contributed by atoms with Crippen LogP contribution in [0.1, 0.15) is 25.8 Å². The Morgan fingerprint density at radius 2 is 2.06 bits per heavy atom. The monoisotopic (exact) mass is 225 g/mol. The van der Waals surface area contributed by atoms with Crippen molar-refractivity contribution in [3.8, 4) is 6.07 Å². The number of nitriles is 1. The fourth-order valence-electron chi connectivity index (χ4n) is 1.94. The molecule has 1 heterocycles. The van der Waals surface area contributed by atoms with E-state index in [1.807, 2.05) is 37.3 Å². The summed E-state index contributed by atoms with van der Waals surface area (Å²) in [5.41, 5.74) is 1.35. The van der Waals surface area contributed by atoms with Gasteiger partial charge in [0, 0.05) is 11.8 Å². The Kier molecular flexibility index (Phi) is 3.06. The molecule has 0 radical (unpaired) electrons. The van der Waals surface area contributed by atoms with Crippen molar-refractivity contribution in [2.75, 3.05) is 0 Å². The van der Waals surface area contributed by atoms with Crippen LogP contribution >= 0.6 is 0 Å². The van der Waals surface area contributed by atoms with E-state index in [-0.39, 0.29) is 5.92 Å². The average Bonchev–Trinajstić information content (AvgIpc) is 2.84. The van der Waals surface area contributed by atoms with Crippen LogP contribution < -0.4 is 0 Å². The summed E-state index contributed by atoms with van der Waals surface area (Å²) in [5.74, 6) is -0.198. The summed E-state index contributed by atoms with van der Waals surface area (Å²) in [5, 5.41) is 8.92. The molecule has 3 nitrogen and oxygen atoms in total. The molecule has 17 heavy (non-hydrogen) atoms. The van der Waals surface area contributed by atoms with E-state index in [9.17, 15) is 0 Å². The highest BCUT2D eigenvalue weighted by molar-refractivity contribution is 6.33. The van der Waals surface area contributed by atoms with Crippen molar-refractivity contribution in [2.24, 2.45) is 15.9 Å². The largest absolute Gasteiger partial charge is 0.257 e. The van der Waals surface area contributed by atoms with Crippen molar-refractivity contribution >= 4 is 11.9 Å². The first kappa shape index (κ1) is 11.5. The van der Waals surface area contributed by atoms with Crippen LogP contribution in [-0.4, -0.2) is 11.9 Å². The molecule has 0 N–H and O–H groups in total. The Morgan fingerprint density at radius 1 is 1.35 bits per heavy atom. The fourth-order valence-corrected chi connectivity index (χ4v) is 1.94. The second-order valence-electron chi connectivity index (χ2n) is 4.18. The van der Waals surface area contributed by atoms with Gasteiger partial charge in [0.1, 0.15) is 0 Å². The highest BCUT2D eigenvalue weighted by Crippen LogP contribution is 2.34. The Labute approximate surface area is 102 Å². The standard InChI is InChI=1S/C14H15N3/c1-3-14(12-7-5-4-6-8-12)16-10-13(17-14)11(2)9-15/h4-8,10-11H,3H2,1-2H3. The molecule has 0 aliphatic carbocycles. The van der Waals surface area contributed by atoms with Crippen LogP contribution in [0.5, 0.6) is 0 Å². The fraction of sp³-hybridized carbons (Fsp3) is 0.357. The third kappa shape index (κ3) is 1.99. The zero-order valence-electron chi connectivity index (χ0n) is 10.1. The lowest BCUT2D eigenvalue weighted by molar-refractivity contribution is 0.465. The molecule has 0 bridgehead atoms. The molecule has 1 aliphatic rings. The molecule has 1 aromatic carbocycles. The van der Waals surface area contributed by atoms with Crippen molar-refractivity contribution in [1.29, 1.82) is 5.26 Å². The lowest BCUT2D eigenvalue weighted by Crippen LogP contribution is -2.18. The summed E-state index contributed by atoms with van der Waals surface area (Å²) >= 11 is 0. The Bertz CT molecular complexity index is 496. The van der Waals surface area contributed by atoms with Crippen molar-refractivity contribution in [1.82, 2.24) is 0 Å². The van der Waals surface area contributed by atoms with Crippen LogP contribution in [0.4, 0.5) is 0 Å². The topological polar surface area (TPSA) is 48.5 Å². The predicted octanol–water partition coefficient (Wildman–Crippen LogP) is 2.93. The molecule has 2 atom stereocenters. The highest BCUT2D eigenvalue weighted by atomic mass is 15.1. The average molecular weight is 225 g/mol. The second kappa shape index (κ2) is 4.50. The van der Waals surface area contributed by atoms with Crippen molar-refractivity contribution in [2.45, 2.75) is 25.9 Å². The maximum Gasteiger partial charge on any atom is 0.175 e. The lowest BCUT2D eigenvalue weighted by Gasteiger charge is -2.21. The number of rotatable bonds is 3. The number of nitrogens with zero attached hydrogens (tertiary/aromatic N) is 3. The zero-order chi connectivity index (χ0) is 12.3. The first-order valence-electron chi connectivity index (χ1n) is 5.82. The molecule has 0 amide bonds. The molecular formula is C14H15N3. The van der Waals surface area contributed by atoms with Crippen molar-refractivity contribution in [3.05, 3.63) is 35.9 Å². The highest BCUT2D eigenvalue weighted by Gasteiger charge is 2.33. The molecule has 2 rings (SSSR count). The number of benzene rings is 1. The van der Waals surface area contributed by atoms with Crippen molar-refractivity contribution < 1.29 is 0 Å². The van der Waals surface area contributed by atoms with E-state index < -0.39 is 5.66 Å². The summed E-state index contributed by atoms with van der Waals surface area (Å²) in [6.45, 7) is 3.91. The van der Waals surface area contributed by atoms with Gasteiger partial charge in [-0.2, -0.15) is 5.26 Å². The zero-order valence-corrected chi connectivity index (χ0v) is 10.1. The van der Waals surface area contributed by atoms with E-state index in [4.69, 9.17) is 5.26 Å². The van der Waals surface area contributed by atoms with Gasteiger partial charge in [-0.15, -0.1) is 0 Å². The van der Waals surface area contributed by atoms with Gasteiger partial charge in [0.25, 0.3) is 0 Å². The number of hydrogen-bond donors (Lipinski definition) is 0. The summed E-state index contributed by atoms with van der Waals surface area (Å²) in [4.78, 5) is 9.18. The summed E-state index contributed by atoms with van der Waals surface area (Å²) in [6, 6.07) is 12.2. The molecule has 2 unspecified atom stereocenters. The molecule has 0 aromatic heterocycles. The molecule has 1 aromatic rings. The first-order valence-corrected chi connectivity index (χ1v) is 5.82. The van der Waals surface area contributed by atoms with Gasteiger partial charge in [0.05, 0.1) is 17.7 Å². The van der Waals surface area contributed by atoms with Crippen LogP contribution in [0.15, 0.2) is 40.3 Å². The minimum atomic E-state index is -0.512. The van der Waals surface area contributed by atoms with Gasteiger partial charge in [-0.1, -0.05) is 37.3 Å². The molecular weight excluding hydrogens is 210 g/mol. The summed E-state index contributed by atoms with van der Waals surface area (Å²) in [6.07, 6.45) is 2.54. The Hall–Kier alpha value is -1.95. The van der Waals surface area contributed by atoms with E-state index in [1.54, 1.807) is 6.21 Å². The van der Waals surface area contributed by atoms with Gasteiger partial charge in [-0.05, 0) is 13.3 Å². The van der Waals surface area contributed by atoms with Gasteiger partial charge in [-0.25, -0.2) is 0 Å². The van der Waals surface area contributed by atoms with Crippen LogP contribution in [0.3, 0.4) is 0 Å². The Morgan fingerprint density at radius 3 is 2.65 bits per heavy atom. The molecule has 3 heteroatoms. The van der Waals surface area contributed by atoms with Crippen LogP contribution in [0.2, 0.25) is 0 Å². The number of aliphatic imine (C=N–C) groups is 2. The Balaban J connectivity index is 2.41. The van der Waals surface area contributed by atoms with E-state index >= 15 is 0 Å². The molecule has 1 aliphatic heterocycles. The van der Waals surface area contributed by atoms with Crippen LogP contribution in [0.25, 0.3) is 0 Å². The van der Waals surface area contributed by atoms with Gasteiger partial charge in [0.2, 0.25) is 0 Å². The van der Waals surface area contributed by atoms with Gasteiger partial charge in [0.15, 0.2) is 5.66 Å². The summed E-state index contributed by atoms with van der Waals surface area (Å²) in [7, 11) is 0. The smallest absolute Gasteiger partial charge is 0.175 e. The number of hydrogen-bond acceptors (Lipinski definition) is 3. The quantitative estimate of drug-likeness (QED) is 0.780. The van der Waals surface area contributed by atoms with Gasteiger partial charge in [-0.3, -0.25) is 9.98 Å². The predicted molar refractivity (Wildman–Crippen MR) is 69.1 cm³/mol. The normalized spacial score (nSPS) is 24.2. The maximum atomic E-state index is 8.92. The minimum Gasteiger partial charge on any atom is -0.257 e. The van der Waals surface area contributed by atoms with Crippen LogP contribution in [-0.2, 0) is 5.66 Å². The van der Waals surface area contributed by atoms with Crippen LogP contribution in [0, 0.1) is 17.2 Å². The third-order valence-corrected chi connectivity index (χ3v) is 3.09. The van der Waals surface area contributed by atoms with E-state index in [2.05, 4.69) is 23.0 Å². The van der Waals surface area contributed by atoms with Gasteiger partial charge < -0.3 is 0 Å². The van der Waals surface area contributed by atoms with Gasteiger partial charge >= 0.3 is 0 Å². The molecule has 0 fully saturated rings. The SMILES string of the molecule is CCC1(c2ccccc2)N=CC(C(C)C#N)=N1. The molecule has 86 valence electrons. The minimum absolute atomic E-state index is 0.198. The first-order chi connectivity index (χ1) is 8.22. The van der Waals surface area contributed by atoms with E-state index in [0.717, 1.165) is 17.7 Å². The summed E-state index contributed by atoms with van der Waals surface area (Å²) < 4.78 is 0. The molecule has 0 saturated heterocycles. The third-order valence-electron chi connectivity index (χ3n) is 3.09.